The molecule has 2 rings (SSSR count). The molecule has 3 nitrogen and oxygen atoms in total. The summed E-state index contributed by atoms with van der Waals surface area (Å²) < 4.78 is 0. The quantitative estimate of drug-likeness (QED) is 0.867. The summed E-state index contributed by atoms with van der Waals surface area (Å²) in [6.45, 7) is 3.71. The van der Waals surface area contributed by atoms with E-state index >= 15 is 0 Å². The molecule has 0 fully saturated rings. The highest BCUT2D eigenvalue weighted by molar-refractivity contribution is 7.13. The van der Waals surface area contributed by atoms with Gasteiger partial charge in [-0.25, -0.2) is 4.79 Å². The molecule has 2 heterocycles. The van der Waals surface area contributed by atoms with E-state index in [0.29, 0.717) is 5.69 Å². The molecule has 2 aromatic rings. The molecule has 0 aromatic carbocycles. The van der Waals surface area contributed by atoms with Gasteiger partial charge in [0.2, 0.25) is 0 Å². The second-order valence-electron chi connectivity index (χ2n) is 3.65. The highest BCUT2D eigenvalue weighted by atomic mass is 32.1. The van der Waals surface area contributed by atoms with Crippen LogP contribution in [0, 0.1) is 13.8 Å². The number of carboxylic acids is 1. The second-order valence-corrected chi connectivity index (χ2v) is 4.56. The number of nitrogens with zero attached hydrogens (tertiary/aromatic N) is 1. The Kier molecular flexibility index (Phi) is 2.75. The van der Waals surface area contributed by atoms with Gasteiger partial charge >= 0.3 is 5.97 Å². The number of carboxylic acid groups (broad SMARTS) is 1. The van der Waals surface area contributed by atoms with Gasteiger partial charge in [0.25, 0.3) is 0 Å². The minimum atomic E-state index is -0.930. The lowest BCUT2D eigenvalue weighted by Crippen LogP contribution is -2.01. The van der Waals surface area contributed by atoms with Crippen molar-refractivity contribution in [3.05, 3.63) is 40.5 Å². The first kappa shape index (κ1) is 10.8. The van der Waals surface area contributed by atoms with Crippen LogP contribution in [0.4, 0.5) is 0 Å². The normalized spacial score (nSPS) is 10.4. The predicted molar refractivity (Wildman–Crippen MR) is 64.0 cm³/mol. The first-order chi connectivity index (χ1) is 7.58. The zero-order chi connectivity index (χ0) is 11.7. The van der Waals surface area contributed by atoms with Gasteiger partial charge in [-0.05, 0) is 36.9 Å². The zero-order valence-corrected chi connectivity index (χ0v) is 9.84. The Morgan fingerprint density at radius 3 is 2.69 bits per heavy atom. The van der Waals surface area contributed by atoms with Crippen LogP contribution in [0.25, 0.3) is 10.4 Å². The highest BCUT2D eigenvalue weighted by Crippen LogP contribution is 2.27. The van der Waals surface area contributed by atoms with Crippen molar-refractivity contribution in [3.8, 4) is 10.4 Å². The lowest BCUT2D eigenvalue weighted by molar-refractivity contribution is 0.0695. The average Bonchev–Trinajstić information content (AvgIpc) is 2.65. The molecule has 0 spiro atoms. The van der Waals surface area contributed by atoms with Gasteiger partial charge in [0, 0.05) is 16.6 Å². The number of rotatable bonds is 2. The van der Waals surface area contributed by atoms with Crippen molar-refractivity contribution >= 4 is 17.3 Å². The van der Waals surface area contributed by atoms with Gasteiger partial charge in [0.05, 0.1) is 11.3 Å². The number of aromatic carboxylic acids is 1. The molecule has 16 heavy (non-hydrogen) atoms. The molecular formula is C12H11NO2S. The van der Waals surface area contributed by atoms with Crippen molar-refractivity contribution in [3.63, 3.8) is 0 Å². The molecule has 0 radical (unpaired) electrons. The Balaban J connectivity index is 2.51. The van der Waals surface area contributed by atoms with Gasteiger partial charge in [0.15, 0.2) is 0 Å². The van der Waals surface area contributed by atoms with E-state index in [0.717, 1.165) is 10.4 Å². The molecule has 0 amide bonds. The Labute approximate surface area is 97.4 Å². The maximum Gasteiger partial charge on any atom is 0.337 e. The third-order valence-corrected chi connectivity index (χ3v) is 3.43. The molecule has 0 atom stereocenters. The minimum absolute atomic E-state index is 0.267. The van der Waals surface area contributed by atoms with Gasteiger partial charge < -0.3 is 5.11 Å². The first-order valence-electron chi connectivity index (χ1n) is 4.83. The lowest BCUT2D eigenvalue weighted by Gasteiger charge is -2.02. The maximum absolute atomic E-state index is 11.0. The van der Waals surface area contributed by atoms with Crippen LogP contribution >= 0.6 is 11.3 Å². The molecule has 0 bridgehead atoms. The molecular weight excluding hydrogens is 222 g/mol. The largest absolute Gasteiger partial charge is 0.478 e. The van der Waals surface area contributed by atoms with Gasteiger partial charge in [-0.2, -0.15) is 0 Å². The molecule has 0 aliphatic carbocycles. The van der Waals surface area contributed by atoms with E-state index in [2.05, 4.69) is 4.98 Å². The van der Waals surface area contributed by atoms with Gasteiger partial charge in [-0.1, -0.05) is 0 Å². The van der Waals surface area contributed by atoms with Crippen LogP contribution in [-0.4, -0.2) is 16.1 Å². The third-order valence-electron chi connectivity index (χ3n) is 2.33. The number of carbonyl (C=O) groups is 1. The highest BCUT2D eigenvalue weighted by Gasteiger charge is 2.10. The summed E-state index contributed by atoms with van der Waals surface area (Å²) >= 11 is 1.60. The fraction of sp³-hybridized carbons (Fsp3) is 0.167. The fourth-order valence-corrected chi connectivity index (χ4v) is 2.35. The van der Waals surface area contributed by atoms with Gasteiger partial charge in [-0.15, -0.1) is 11.3 Å². The summed E-state index contributed by atoms with van der Waals surface area (Å²) in [6, 6.07) is 3.71. The van der Waals surface area contributed by atoms with Crippen LogP contribution in [0.5, 0.6) is 0 Å². The number of aryl methyl sites for hydroxylation is 2. The monoisotopic (exact) mass is 233 g/mol. The summed E-state index contributed by atoms with van der Waals surface area (Å²) in [5.41, 5.74) is 2.85. The van der Waals surface area contributed by atoms with Crippen molar-refractivity contribution in [1.82, 2.24) is 4.98 Å². The summed E-state index contributed by atoms with van der Waals surface area (Å²) in [5.74, 6) is -0.930. The smallest absolute Gasteiger partial charge is 0.337 e. The van der Waals surface area contributed by atoms with Crippen molar-refractivity contribution in [1.29, 1.82) is 0 Å². The molecule has 0 saturated carbocycles. The predicted octanol–water partition coefficient (Wildman–Crippen LogP) is 3.13. The third kappa shape index (κ3) is 1.97. The van der Waals surface area contributed by atoms with Gasteiger partial charge in [-0.3, -0.25) is 4.98 Å². The van der Waals surface area contributed by atoms with E-state index in [1.165, 1.54) is 5.56 Å². The SMILES string of the molecule is Cc1csc(-c2cnc(C)c(C(=O)O)c2)c1. The molecule has 0 unspecified atom stereocenters. The standard InChI is InChI=1S/C12H11NO2S/c1-7-3-11(16-6-7)9-4-10(12(14)15)8(2)13-5-9/h3-6H,1-2H3,(H,14,15). The number of hydrogen-bond acceptors (Lipinski definition) is 3. The van der Waals surface area contributed by atoms with E-state index in [1.807, 2.05) is 18.4 Å². The topological polar surface area (TPSA) is 50.2 Å². The Morgan fingerprint density at radius 2 is 2.12 bits per heavy atom. The summed E-state index contributed by atoms with van der Waals surface area (Å²) in [7, 11) is 0. The summed E-state index contributed by atoms with van der Waals surface area (Å²) in [6.07, 6.45) is 1.72. The number of aromatic nitrogens is 1. The minimum Gasteiger partial charge on any atom is -0.478 e. The molecule has 2 aromatic heterocycles. The maximum atomic E-state index is 11.0. The van der Waals surface area contributed by atoms with E-state index in [9.17, 15) is 4.79 Å². The Hall–Kier alpha value is -1.68. The summed E-state index contributed by atoms with van der Waals surface area (Å²) in [4.78, 5) is 16.1. The van der Waals surface area contributed by atoms with E-state index in [4.69, 9.17) is 5.11 Å². The second kappa shape index (κ2) is 4.06. The van der Waals surface area contributed by atoms with Crippen molar-refractivity contribution in [2.45, 2.75) is 13.8 Å². The average molecular weight is 233 g/mol. The van der Waals surface area contributed by atoms with Crippen LogP contribution in [0.3, 0.4) is 0 Å². The lowest BCUT2D eigenvalue weighted by atomic mass is 10.1. The Bertz CT molecular complexity index is 546. The number of hydrogen-bond donors (Lipinski definition) is 1. The van der Waals surface area contributed by atoms with Crippen LogP contribution < -0.4 is 0 Å². The van der Waals surface area contributed by atoms with Crippen molar-refractivity contribution < 1.29 is 9.90 Å². The van der Waals surface area contributed by atoms with Crippen LogP contribution in [0.15, 0.2) is 23.7 Å². The number of pyridine rings is 1. The van der Waals surface area contributed by atoms with Crippen LogP contribution in [-0.2, 0) is 0 Å². The van der Waals surface area contributed by atoms with Gasteiger partial charge in [0.1, 0.15) is 0 Å². The van der Waals surface area contributed by atoms with E-state index < -0.39 is 5.97 Å². The van der Waals surface area contributed by atoms with Crippen molar-refractivity contribution in [2.24, 2.45) is 0 Å². The molecule has 0 aliphatic rings. The number of thiophene rings is 1. The van der Waals surface area contributed by atoms with Crippen LogP contribution in [0.1, 0.15) is 21.6 Å². The van der Waals surface area contributed by atoms with Crippen molar-refractivity contribution in [2.75, 3.05) is 0 Å². The fourth-order valence-electron chi connectivity index (χ4n) is 1.47. The molecule has 1 N–H and O–H groups in total. The zero-order valence-electron chi connectivity index (χ0n) is 9.02. The molecule has 0 aliphatic heterocycles. The molecule has 82 valence electrons. The Morgan fingerprint density at radius 1 is 1.38 bits per heavy atom. The van der Waals surface area contributed by atoms with Crippen LogP contribution in [0.2, 0.25) is 0 Å². The summed E-state index contributed by atoms with van der Waals surface area (Å²) in [5, 5.41) is 11.0. The van der Waals surface area contributed by atoms with E-state index in [1.54, 1.807) is 30.5 Å². The molecule has 0 saturated heterocycles. The molecule has 4 heteroatoms. The first-order valence-corrected chi connectivity index (χ1v) is 5.71. The van der Waals surface area contributed by atoms with E-state index in [-0.39, 0.29) is 5.56 Å².